The zero-order chi connectivity index (χ0) is 22.2. The molecule has 0 atom stereocenters. The van der Waals surface area contributed by atoms with Gasteiger partial charge in [0.25, 0.3) is 0 Å². The van der Waals surface area contributed by atoms with Crippen LogP contribution in [0.1, 0.15) is 49.8 Å². The molecular formula is C26H38IN5O. The molecule has 6 nitrogen and oxygen atoms in total. The number of likely N-dealkylation sites (tertiary alicyclic amines) is 1. The van der Waals surface area contributed by atoms with Crippen LogP contribution in [0, 0.1) is 0 Å². The Bertz CT molecular complexity index is 877. The number of hydrogen-bond acceptors (Lipinski definition) is 4. The molecule has 2 aliphatic rings. The summed E-state index contributed by atoms with van der Waals surface area (Å²) in [5.41, 5.74) is 2.68. The average molecular weight is 564 g/mol. The van der Waals surface area contributed by atoms with Gasteiger partial charge >= 0.3 is 0 Å². The zero-order valence-electron chi connectivity index (χ0n) is 19.9. The lowest BCUT2D eigenvalue weighted by Crippen LogP contribution is -2.50. The van der Waals surface area contributed by atoms with Crippen LogP contribution in [0.15, 0.2) is 53.7 Å². The largest absolute Gasteiger partial charge is 0.497 e. The molecule has 1 aromatic carbocycles. The van der Waals surface area contributed by atoms with Crippen LogP contribution in [0.25, 0.3) is 0 Å². The van der Waals surface area contributed by atoms with Gasteiger partial charge in [-0.15, -0.1) is 24.0 Å². The number of ether oxygens (including phenoxy) is 1. The summed E-state index contributed by atoms with van der Waals surface area (Å²) in [5, 5.41) is 7.34. The first kappa shape index (κ1) is 25.7. The van der Waals surface area contributed by atoms with Crippen LogP contribution in [0.3, 0.4) is 0 Å². The zero-order valence-corrected chi connectivity index (χ0v) is 22.3. The predicted molar refractivity (Wildman–Crippen MR) is 146 cm³/mol. The Kier molecular flexibility index (Phi) is 9.79. The second-order valence-electron chi connectivity index (χ2n) is 9.16. The first-order valence-corrected chi connectivity index (χ1v) is 11.9. The highest BCUT2D eigenvalue weighted by Gasteiger charge is 2.36. The summed E-state index contributed by atoms with van der Waals surface area (Å²) in [6, 6.07) is 15.2. The number of aliphatic imine (C=N–C) groups is 1. The Morgan fingerprint density at radius 2 is 1.94 bits per heavy atom. The van der Waals surface area contributed by atoms with E-state index < -0.39 is 0 Å². The molecule has 1 saturated heterocycles. The summed E-state index contributed by atoms with van der Waals surface area (Å²) < 4.78 is 5.49. The van der Waals surface area contributed by atoms with Crippen molar-refractivity contribution in [3.05, 3.63) is 59.9 Å². The number of nitrogens with zero attached hydrogens (tertiary/aromatic N) is 3. The van der Waals surface area contributed by atoms with Crippen molar-refractivity contribution in [2.45, 2.75) is 56.5 Å². The van der Waals surface area contributed by atoms with E-state index in [1.165, 1.54) is 31.2 Å². The van der Waals surface area contributed by atoms with Gasteiger partial charge in [-0.3, -0.25) is 14.9 Å². The number of rotatable bonds is 7. The lowest BCUT2D eigenvalue weighted by atomic mass is 9.78. The smallest absolute Gasteiger partial charge is 0.191 e. The normalized spacial score (nSPS) is 19.0. The van der Waals surface area contributed by atoms with Crippen LogP contribution in [0.5, 0.6) is 5.75 Å². The van der Waals surface area contributed by atoms with Crippen molar-refractivity contribution >= 4 is 29.9 Å². The number of halogens is 1. The van der Waals surface area contributed by atoms with E-state index in [2.05, 4.69) is 55.8 Å². The number of guanidine groups is 1. The van der Waals surface area contributed by atoms with E-state index in [1.807, 2.05) is 25.4 Å². The maximum atomic E-state index is 5.49. The molecule has 2 fully saturated rings. The van der Waals surface area contributed by atoms with Crippen LogP contribution in [0.2, 0.25) is 0 Å². The van der Waals surface area contributed by atoms with Gasteiger partial charge in [-0.1, -0.05) is 31.0 Å². The van der Waals surface area contributed by atoms with Gasteiger partial charge in [0.05, 0.1) is 12.8 Å². The SMILES string of the molecule is CN=C(NCC1(c2cccc(OC)c2)CCCC1)NC1CCN(Cc2ccccn2)CC1.I. The Morgan fingerprint density at radius 3 is 2.61 bits per heavy atom. The molecule has 33 heavy (non-hydrogen) atoms. The van der Waals surface area contributed by atoms with E-state index in [0.29, 0.717) is 6.04 Å². The van der Waals surface area contributed by atoms with Gasteiger partial charge in [-0.2, -0.15) is 0 Å². The number of methoxy groups -OCH3 is 1. The van der Waals surface area contributed by atoms with Crippen molar-refractivity contribution < 1.29 is 4.74 Å². The number of benzene rings is 1. The predicted octanol–water partition coefficient (Wildman–Crippen LogP) is 4.35. The van der Waals surface area contributed by atoms with Gasteiger partial charge < -0.3 is 15.4 Å². The van der Waals surface area contributed by atoms with Crippen molar-refractivity contribution in [2.75, 3.05) is 33.8 Å². The van der Waals surface area contributed by atoms with Gasteiger partial charge in [0.1, 0.15) is 5.75 Å². The van der Waals surface area contributed by atoms with Crippen LogP contribution < -0.4 is 15.4 Å². The summed E-state index contributed by atoms with van der Waals surface area (Å²) in [4.78, 5) is 11.5. The van der Waals surface area contributed by atoms with Gasteiger partial charge in [0.15, 0.2) is 5.96 Å². The highest BCUT2D eigenvalue weighted by atomic mass is 127. The number of piperidine rings is 1. The summed E-state index contributed by atoms with van der Waals surface area (Å²) in [6.45, 7) is 4.00. The minimum Gasteiger partial charge on any atom is -0.497 e. The molecule has 4 rings (SSSR count). The lowest BCUT2D eigenvalue weighted by Gasteiger charge is -2.34. The quantitative estimate of drug-likeness (QED) is 0.298. The highest BCUT2D eigenvalue weighted by molar-refractivity contribution is 14.0. The molecule has 0 unspecified atom stereocenters. The first-order chi connectivity index (χ1) is 15.7. The molecule has 0 bridgehead atoms. The summed E-state index contributed by atoms with van der Waals surface area (Å²) in [7, 11) is 3.62. The summed E-state index contributed by atoms with van der Waals surface area (Å²) >= 11 is 0. The fraction of sp³-hybridized carbons (Fsp3) is 0.538. The molecular weight excluding hydrogens is 525 g/mol. The highest BCUT2D eigenvalue weighted by Crippen LogP contribution is 2.41. The molecule has 180 valence electrons. The topological polar surface area (TPSA) is 61.8 Å². The molecule has 7 heteroatoms. The standard InChI is InChI=1S/C26H37N5O.HI/c1-27-25(30-22-11-16-31(17-12-22)19-23-9-3-6-15-28-23)29-20-26(13-4-5-14-26)21-8-7-10-24(18-21)32-2;/h3,6-10,15,18,22H,4-5,11-14,16-17,19-20H2,1-2H3,(H2,27,29,30);1H. The number of hydrogen-bond donors (Lipinski definition) is 2. The van der Waals surface area contributed by atoms with Crippen molar-refractivity contribution in [1.82, 2.24) is 20.5 Å². The van der Waals surface area contributed by atoms with E-state index in [0.717, 1.165) is 56.4 Å². The van der Waals surface area contributed by atoms with E-state index in [9.17, 15) is 0 Å². The third-order valence-electron chi connectivity index (χ3n) is 7.10. The minimum absolute atomic E-state index is 0. The summed E-state index contributed by atoms with van der Waals surface area (Å²) in [6.07, 6.45) is 9.08. The molecule has 2 aromatic rings. The molecule has 1 aliphatic heterocycles. The minimum atomic E-state index is 0. The van der Waals surface area contributed by atoms with Crippen molar-refractivity contribution in [2.24, 2.45) is 4.99 Å². The fourth-order valence-corrected chi connectivity index (χ4v) is 5.17. The van der Waals surface area contributed by atoms with Gasteiger partial charge in [-0.05, 0) is 55.5 Å². The van der Waals surface area contributed by atoms with Crippen molar-refractivity contribution in [1.29, 1.82) is 0 Å². The Morgan fingerprint density at radius 1 is 1.15 bits per heavy atom. The van der Waals surface area contributed by atoms with E-state index in [1.54, 1.807) is 7.11 Å². The molecule has 1 saturated carbocycles. The van der Waals surface area contributed by atoms with Gasteiger partial charge in [0.2, 0.25) is 0 Å². The fourth-order valence-electron chi connectivity index (χ4n) is 5.17. The number of nitrogens with one attached hydrogen (secondary N) is 2. The molecule has 1 aromatic heterocycles. The lowest BCUT2D eigenvalue weighted by molar-refractivity contribution is 0.196. The third kappa shape index (κ3) is 6.82. The van der Waals surface area contributed by atoms with Crippen molar-refractivity contribution in [3.8, 4) is 5.75 Å². The maximum Gasteiger partial charge on any atom is 0.191 e. The second kappa shape index (κ2) is 12.6. The Balaban J connectivity index is 0.00000306. The van der Waals surface area contributed by atoms with Gasteiger partial charge in [-0.25, -0.2) is 0 Å². The molecule has 0 amide bonds. The second-order valence-corrected chi connectivity index (χ2v) is 9.16. The molecule has 2 N–H and O–H groups in total. The first-order valence-electron chi connectivity index (χ1n) is 11.9. The van der Waals surface area contributed by atoms with E-state index >= 15 is 0 Å². The van der Waals surface area contributed by atoms with E-state index in [-0.39, 0.29) is 29.4 Å². The third-order valence-corrected chi connectivity index (χ3v) is 7.10. The molecule has 1 aliphatic carbocycles. The average Bonchev–Trinajstić information content (AvgIpc) is 3.34. The summed E-state index contributed by atoms with van der Waals surface area (Å²) in [5.74, 6) is 1.86. The van der Waals surface area contributed by atoms with Crippen LogP contribution >= 0.6 is 24.0 Å². The van der Waals surface area contributed by atoms with E-state index in [4.69, 9.17) is 4.74 Å². The maximum absolute atomic E-state index is 5.49. The van der Waals surface area contributed by atoms with Crippen LogP contribution in [0.4, 0.5) is 0 Å². The van der Waals surface area contributed by atoms with Gasteiger partial charge in [0, 0.05) is 50.9 Å². The Labute approximate surface area is 215 Å². The van der Waals surface area contributed by atoms with Crippen LogP contribution in [-0.2, 0) is 12.0 Å². The van der Waals surface area contributed by atoms with Crippen molar-refractivity contribution in [3.63, 3.8) is 0 Å². The molecule has 0 spiro atoms. The monoisotopic (exact) mass is 563 g/mol. The van der Waals surface area contributed by atoms with Crippen LogP contribution in [-0.4, -0.2) is 55.7 Å². The molecule has 0 radical (unpaired) electrons. The number of aromatic nitrogens is 1. The molecule has 2 heterocycles. The Hall–Kier alpha value is -1.87. The number of pyridine rings is 1.